The van der Waals surface area contributed by atoms with Gasteiger partial charge in [-0.2, -0.15) is 0 Å². The van der Waals surface area contributed by atoms with Gasteiger partial charge in [0.2, 0.25) is 17.7 Å². The van der Waals surface area contributed by atoms with Crippen molar-refractivity contribution in [2.45, 2.75) is 112 Å². The molecule has 0 aromatic carbocycles. The molecule has 0 radical (unpaired) electrons. The molecular weight excluding hydrogens is 626 g/mol. The summed E-state index contributed by atoms with van der Waals surface area (Å²) in [5.41, 5.74) is -1.74. The zero-order valence-corrected chi connectivity index (χ0v) is 30.8. The van der Waals surface area contributed by atoms with Crippen LogP contribution in [0.25, 0.3) is 0 Å². The van der Waals surface area contributed by atoms with Gasteiger partial charge in [-0.3, -0.25) is 19.2 Å². The predicted molar refractivity (Wildman–Crippen MR) is 180 cm³/mol. The Kier molecular flexibility index (Phi) is 20.7. The smallest absolute Gasteiger partial charge is 0.326 e. The van der Waals surface area contributed by atoms with Crippen molar-refractivity contribution in [3.05, 3.63) is 0 Å². The summed E-state index contributed by atoms with van der Waals surface area (Å²) >= 11 is 0. The zero-order valence-electron chi connectivity index (χ0n) is 30.8. The number of amides is 3. The highest BCUT2D eigenvalue weighted by molar-refractivity contribution is 5.85. The van der Waals surface area contributed by atoms with Crippen LogP contribution in [0.2, 0.25) is 0 Å². The van der Waals surface area contributed by atoms with Crippen molar-refractivity contribution in [2.24, 2.45) is 16.2 Å². The first kappa shape index (κ1) is 45.2. The largest absolute Gasteiger partial charge is 0.481 e. The molecule has 0 spiro atoms. The summed E-state index contributed by atoms with van der Waals surface area (Å²) < 4.78 is 22.2. The monoisotopic (exact) mass is 689 g/mol. The van der Waals surface area contributed by atoms with Crippen LogP contribution in [0.5, 0.6) is 0 Å². The number of ether oxygens (including phenoxy) is 4. The lowest BCUT2D eigenvalue weighted by molar-refractivity contribution is -0.149. The van der Waals surface area contributed by atoms with Crippen LogP contribution >= 0.6 is 0 Å². The highest BCUT2D eigenvalue weighted by Gasteiger charge is 2.36. The van der Waals surface area contributed by atoms with Crippen molar-refractivity contribution in [3.8, 4) is 0 Å². The fourth-order valence-corrected chi connectivity index (χ4v) is 5.40. The molecule has 1 unspecified atom stereocenters. The molecule has 0 aliphatic heterocycles. The third kappa shape index (κ3) is 22.7. The molecule has 0 fully saturated rings. The van der Waals surface area contributed by atoms with Gasteiger partial charge >= 0.3 is 11.9 Å². The number of aliphatic carboxylic acids is 2. The Morgan fingerprint density at radius 3 is 1.75 bits per heavy atom. The molecule has 0 saturated heterocycles. The summed E-state index contributed by atoms with van der Waals surface area (Å²) in [5.74, 6) is -3.44. The van der Waals surface area contributed by atoms with Crippen molar-refractivity contribution in [1.82, 2.24) is 16.0 Å². The first-order valence-electron chi connectivity index (χ1n) is 16.8. The van der Waals surface area contributed by atoms with Crippen LogP contribution < -0.4 is 16.0 Å². The van der Waals surface area contributed by atoms with Gasteiger partial charge in [-0.05, 0) is 57.8 Å². The second-order valence-corrected chi connectivity index (χ2v) is 15.0. The number of carbonyl (C=O) groups excluding carboxylic acids is 3. The Balaban J connectivity index is 3.99. The van der Waals surface area contributed by atoms with E-state index in [0.717, 1.165) is 12.8 Å². The summed E-state index contributed by atoms with van der Waals surface area (Å²) in [6.07, 6.45) is 1.96. The van der Waals surface area contributed by atoms with Gasteiger partial charge in [-0.25, -0.2) is 4.79 Å². The summed E-state index contributed by atoms with van der Waals surface area (Å²) in [6.45, 7) is 19.7. The number of carboxylic acids is 2. The van der Waals surface area contributed by atoms with E-state index in [2.05, 4.69) is 50.6 Å². The molecule has 1 atom stereocenters. The molecule has 0 aliphatic rings. The maximum atomic E-state index is 12.5. The molecule has 3 amide bonds. The van der Waals surface area contributed by atoms with Gasteiger partial charge in [-0.1, -0.05) is 41.0 Å². The molecule has 0 aromatic rings. The maximum Gasteiger partial charge on any atom is 0.326 e. The van der Waals surface area contributed by atoms with Crippen LogP contribution in [0.3, 0.4) is 0 Å². The normalized spacial score (nSPS) is 13.1. The number of carbonyl (C=O) groups is 5. The second-order valence-electron chi connectivity index (χ2n) is 15.0. The van der Waals surface area contributed by atoms with Gasteiger partial charge in [0, 0.05) is 25.9 Å². The number of rotatable bonds is 28. The van der Waals surface area contributed by atoms with E-state index in [1.54, 1.807) is 27.7 Å². The molecule has 5 N–H and O–H groups in total. The Hall–Kier alpha value is -2.81. The molecular formula is C34H63N3O11. The van der Waals surface area contributed by atoms with Gasteiger partial charge in [0.25, 0.3) is 0 Å². The van der Waals surface area contributed by atoms with Crippen LogP contribution in [-0.2, 0) is 42.9 Å². The summed E-state index contributed by atoms with van der Waals surface area (Å²) in [4.78, 5) is 59.6. The highest BCUT2D eigenvalue weighted by atomic mass is 16.5. The van der Waals surface area contributed by atoms with Gasteiger partial charge in [0.15, 0.2) is 0 Å². The van der Waals surface area contributed by atoms with Crippen LogP contribution in [0.4, 0.5) is 0 Å². The molecule has 0 bridgehead atoms. The molecule has 280 valence electrons. The maximum absolute atomic E-state index is 12.5. The van der Waals surface area contributed by atoms with Crippen LogP contribution in [0.15, 0.2) is 0 Å². The minimum atomic E-state index is -1.27. The number of carboxylic acid groups (broad SMARTS) is 2. The van der Waals surface area contributed by atoms with Gasteiger partial charge in [-0.15, -0.1) is 0 Å². The molecule has 0 rings (SSSR count). The highest BCUT2D eigenvalue weighted by Crippen LogP contribution is 2.36. The first-order chi connectivity index (χ1) is 22.1. The summed E-state index contributed by atoms with van der Waals surface area (Å²) in [5, 5.41) is 26.6. The fraction of sp³-hybridized carbons (Fsp3) is 0.853. The van der Waals surface area contributed by atoms with Crippen LogP contribution in [-0.4, -0.2) is 111 Å². The third-order valence-corrected chi connectivity index (χ3v) is 7.76. The molecule has 48 heavy (non-hydrogen) atoms. The third-order valence-electron chi connectivity index (χ3n) is 7.76. The predicted octanol–water partition coefficient (Wildman–Crippen LogP) is 3.16. The van der Waals surface area contributed by atoms with Gasteiger partial charge < -0.3 is 45.1 Å². The Labute approximate surface area is 286 Å². The standard InChI is InChI=1S/C34H63N3O11/c1-10-31(2,3)24-34(8,9)48-20-19-46-16-14-36-28(40)22-47-18-17-45-15-13-35-26(38)12-11-25(29(41)42)37-27(39)21-32(4,5)23-33(6,7)30(43)44/h25H,10-24H2,1-9H3,(H,35,38)(H,36,40)(H,37,39)(H,41,42)(H,43,44). The summed E-state index contributed by atoms with van der Waals surface area (Å²) in [6, 6.07) is -1.26. The first-order valence-corrected chi connectivity index (χ1v) is 16.8. The molecule has 14 heteroatoms. The average Bonchev–Trinajstić information content (AvgIpc) is 2.94. The topological polar surface area (TPSA) is 199 Å². The number of hydrogen-bond donors (Lipinski definition) is 5. The van der Waals surface area contributed by atoms with E-state index in [4.69, 9.17) is 18.9 Å². The summed E-state index contributed by atoms with van der Waals surface area (Å²) in [7, 11) is 0. The van der Waals surface area contributed by atoms with E-state index in [1.165, 1.54) is 0 Å². The van der Waals surface area contributed by atoms with Crippen LogP contribution in [0, 0.1) is 16.2 Å². The number of nitrogens with one attached hydrogen (secondary N) is 3. The lowest BCUT2D eigenvalue weighted by Gasteiger charge is -2.34. The minimum absolute atomic E-state index is 0.0618. The Morgan fingerprint density at radius 1 is 0.667 bits per heavy atom. The average molecular weight is 690 g/mol. The van der Waals surface area contributed by atoms with Gasteiger partial charge in [0.05, 0.1) is 50.7 Å². The van der Waals surface area contributed by atoms with E-state index < -0.39 is 40.6 Å². The van der Waals surface area contributed by atoms with E-state index in [9.17, 15) is 34.2 Å². The minimum Gasteiger partial charge on any atom is -0.481 e. The molecule has 0 aromatic heterocycles. The van der Waals surface area contributed by atoms with E-state index >= 15 is 0 Å². The van der Waals surface area contributed by atoms with Gasteiger partial charge in [0.1, 0.15) is 12.6 Å². The zero-order chi connectivity index (χ0) is 37.0. The van der Waals surface area contributed by atoms with E-state index in [1.807, 2.05) is 0 Å². The quantitative estimate of drug-likeness (QED) is 0.0757. The molecule has 14 nitrogen and oxygen atoms in total. The van der Waals surface area contributed by atoms with Crippen molar-refractivity contribution in [1.29, 1.82) is 0 Å². The SMILES string of the molecule is CCC(C)(C)CC(C)(C)OCCOCCNC(=O)COCCOCCNC(=O)CCC(NC(=O)CC(C)(C)CC(C)(C)C(=O)O)C(=O)O. The molecule has 0 aliphatic carbocycles. The molecule has 0 saturated carbocycles. The van der Waals surface area contributed by atoms with Crippen molar-refractivity contribution >= 4 is 29.7 Å². The lowest BCUT2D eigenvalue weighted by Crippen LogP contribution is -2.43. The lowest BCUT2D eigenvalue weighted by atomic mass is 9.73. The van der Waals surface area contributed by atoms with Crippen molar-refractivity contribution in [3.63, 3.8) is 0 Å². The Morgan fingerprint density at radius 2 is 1.21 bits per heavy atom. The van der Waals surface area contributed by atoms with E-state index in [-0.39, 0.29) is 75.6 Å². The van der Waals surface area contributed by atoms with Crippen LogP contribution in [0.1, 0.15) is 101 Å². The Bertz CT molecular complexity index is 1010. The van der Waals surface area contributed by atoms with Crippen molar-refractivity contribution in [2.75, 3.05) is 59.3 Å². The fourth-order valence-electron chi connectivity index (χ4n) is 5.40. The number of hydrogen-bond acceptors (Lipinski definition) is 9. The van der Waals surface area contributed by atoms with Crippen molar-refractivity contribution < 1.29 is 53.1 Å². The second kappa shape index (κ2) is 22.0. The van der Waals surface area contributed by atoms with E-state index in [0.29, 0.717) is 26.4 Å². The molecule has 0 heterocycles.